The number of primary amides is 1. The van der Waals surface area contributed by atoms with Gasteiger partial charge in [0.05, 0.1) is 15.8 Å². The number of nitrogens with one attached hydrogen (secondary N) is 1. The predicted molar refractivity (Wildman–Crippen MR) is 124 cm³/mol. The highest BCUT2D eigenvalue weighted by molar-refractivity contribution is 9.10. The normalized spacial score (nSPS) is 34.8. The van der Waals surface area contributed by atoms with E-state index in [-0.39, 0.29) is 22.0 Å². The van der Waals surface area contributed by atoms with Crippen molar-refractivity contribution in [2.24, 2.45) is 28.4 Å². The second-order valence-corrected chi connectivity index (χ2v) is 13.9. The number of ketones is 1. The summed E-state index contributed by atoms with van der Waals surface area (Å²) in [5, 5.41) is 0.305. The Hall–Kier alpha value is -0.960. The van der Waals surface area contributed by atoms with Gasteiger partial charge in [-0.1, -0.05) is 27.5 Å². The molecule has 0 spiro atoms. The number of benzene rings is 1. The van der Waals surface area contributed by atoms with Gasteiger partial charge in [-0.2, -0.15) is 4.72 Å². The first-order valence-corrected chi connectivity index (χ1v) is 13.9. The summed E-state index contributed by atoms with van der Waals surface area (Å²) >= 11 is 9.34. The monoisotopic (exact) mass is 542 g/mol. The highest BCUT2D eigenvalue weighted by atomic mass is 79.9. The average Bonchev–Trinajstić information content (AvgIpc) is 2.62. The fourth-order valence-electron chi connectivity index (χ4n) is 7.43. The van der Waals surface area contributed by atoms with Crippen LogP contribution in [0, 0.1) is 22.7 Å². The van der Waals surface area contributed by atoms with Crippen molar-refractivity contribution in [2.75, 3.05) is 0 Å². The zero-order valence-electron chi connectivity index (χ0n) is 17.8. The maximum absolute atomic E-state index is 13.7. The topological polar surface area (TPSA) is 106 Å². The molecule has 6 nitrogen and oxygen atoms in total. The van der Waals surface area contributed by atoms with Crippen LogP contribution in [0.3, 0.4) is 0 Å². The summed E-state index contributed by atoms with van der Waals surface area (Å²) in [6.07, 6.45) is 7.46. The molecule has 6 rings (SSSR count). The predicted octanol–water partition coefficient (Wildman–Crippen LogP) is 4.33. The SMILES string of the molecule is NC(=O)C12CC3CC(CC(CC(=O)C4(NS(=O)(=O)c5cc(Cl)cc(Br)c5)CCC4)(C3)C1)C2. The van der Waals surface area contributed by atoms with Gasteiger partial charge in [0.15, 0.2) is 5.78 Å². The number of hydrogen-bond acceptors (Lipinski definition) is 4. The van der Waals surface area contributed by atoms with Gasteiger partial charge in [0.25, 0.3) is 0 Å². The van der Waals surface area contributed by atoms with Crippen LogP contribution in [0.5, 0.6) is 0 Å². The Kier molecular flexibility index (Phi) is 5.36. The van der Waals surface area contributed by atoms with Crippen molar-refractivity contribution in [1.82, 2.24) is 4.72 Å². The molecule has 5 fully saturated rings. The van der Waals surface area contributed by atoms with Crippen molar-refractivity contribution >= 4 is 49.2 Å². The van der Waals surface area contributed by atoms with E-state index in [1.807, 2.05) is 0 Å². The molecule has 0 radical (unpaired) electrons. The minimum Gasteiger partial charge on any atom is -0.369 e. The van der Waals surface area contributed by atoms with Crippen molar-refractivity contribution in [3.05, 3.63) is 27.7 Å². The molecule has 9 heteroatoms. The Morgan fingerprint density at radius 3 is 2.31 bits per heavy atom. The van der Waals surface area contributed by atoms with E-state index in [9.17, 15) is 18.0 Å². The van der Waals surface area contributed by atoms with E-state index in [2.05, 4.69) is 20.7 Å². The molecular formula is C23H28BrClN2O4S. The van der Waals surface area contributed by atoms with Crippen LogP contribution in [0.2, 0.25) is 5.02 Å². The van der Waals surface area contributed by atoms with Crippen LogP contribution in [0.15, 0.2) is 27.6 Å². The Morgan fingerprint density at radius 2 is 1.78 bits per heavy atom. The van der Waals surface area contributed by atoms with Crippen molar-refractivity contribution in [3.8, 4) is 0 Å². The standard InChI is InChI=1S/C23H28BrClN2O4S/c24-16-5-17(25)7-18(6-16)32(30,31)27-23(2-1-3-23)19(28)12-21-8-14-4-15(9-21)11-22(10-14,13-21)20(26)29/h5-7,14-15,27H,1-4,8-13H2,(H2,26,29). The van der Waals surface area contributed by atoms with Crippen molar-refractivity contribution in [1.29, 1.82) is 0 Å². The largest absolute Gasteiger partial charge is 0.369 e. The highest BCUT2D eigenvalue weighted by Crippen LogP contribution is 2.66. The molecule has 2 unspecified atom stereocenters. The molecule has 1 amide bonds. The Bertz CT molecular complexity index is 1070. The molecule has 5 saturated carbocycles. The Balaban J connectivity index is 1.39. The first kappa shape index (κ1) is 22.8. The number of amides is 1. The number of carbonyl (C=O) groups excluding carboxylic acids is 2. The number of nitrogens with two attached hydrogens (primary N) is 1. The lowest BCUT2D eigenvalue weighted by Crippen LogP contribution is -2.62. The molecule has 0 saturated heterocycles. The number of halogens is 2. The number of sulfonamides is 1. The summed E-state index contributed by atoms with van der Waals surface area (Å²) in [6.45, 7) is 0. The van der Waals surface area contributed by atoms with Crippen LogP contribution in [0.1, 0.15) is 64.2 Å². The minimum atomic E-state index is -3.92. The summed E-state index contributed by atoms with van der Waals surface area (Å²) in [5.74, 6) is 0.604. The molecule has 4 bridgehead atoms. The van der Waals surface area contributed by atoms with Gasteiger partial charge in [0.1, 0.15) is 0 Å². The van der Waals surface area contributed by atoms with Crippen LogP contribution in [0.4, 0.5) is 0 Å². The lowest BCUT2D eigenvalue weighted by molar-refractivity contribution is -0.159. The van der Waals surface area contributed by atoms with Gasteiger partial charge in [-0.15, -0.1) is 0 Å². The van der Waals surface area contributed by atoms with Crippen LogP contribution in [0.25, 0.3) is 0 Å². The van der Waals surface area contributed by atoms with Gasteiger partial charge in [0, 0.05) is 15.9 Å². The number of rotatable bonds is 7. The van der Waals surface area contributed by atoms with Crippen molar-refractivity contribution in [3.63, 3.8) is 0 Å². The van der Waals surface area contributed by atoms with Gasteiger partial charge in [0.2, 0.25) is 15.9 Å². The van der Waals surface area contributed by atoms with Gasteiger partial charge in [-0.05, 0) is 93.2 Å². The lowest BCUT2D eigenvalue weighted by atomic mass is 9.43. The van der Waals surface area contributed by atoms with E-state index in [0.29, 0.717) is 47.0 Å². The van der Waals surface area contributed by atoms with Gasteiger partial charge in [-0.25, -0.2) is 8.42 Å². The minimum absolute atomic E-state index is 0.0402. The number of carbonyl (C=O) groups is 2. The Morgan fingerprint density at radius 1 is 1.12 bits per heavy atom. The summed E-state index contributed by atoms with van der Waals surface area (Å²) in [4.78, 5) is 26.1. The molecule has 5 aliphatic carbocycles. The summed E-state index contributed by atoms with van der Waals surface area (Å²) in [5.41, 5.74) is 4.06. The first-order chi connectivity index (χ1) is 14.9. The molecule has 1 aromatic carbocycles. The smallest absolute Gasteiger partial charge is 0.241 e. The fraction of sp³-hybridized carbons (Fsp3) is 0.652. The van der Waals surface area contributed by atoms with Gasteiger partial charge < -0.3 is 5.73 Å². The van der Waals surface area contributed by atoms with E-state index in [1.165, 1.54) is 12.1 Å². The van der Waals surface area contributed by atoms with Gasteiger partial charge in [-0.3, -0.25) is 9.59 Å². The van der Waals surface area contributed by atoms with E-state index in [0.717, 1.165) is 38.5 Å². The number of Topliss-reactive ketones (excluding diaryl/α,β-unsaturated/α-hetero) is 1. The summed E-state index contributed by atoms with van der Waals surface area (Å²) in [6, 6.07) is 4.49. The second-order valence-electron chi connectivity index (χ2n) is 10.9. The Labute approximate surface area is 202 Å². The summed E-state index contributed by atoms with van der Waals surface area (Å²) < 4.78 is 29.6. The molecule has 0 aromatic heterocycles. The van der Waals surface area contributed by atoms with E-state index < -0.39 is 21.0 Å². The highest BCUT2D eigenvalue weighted by Gasteiger charge is 2.61. The van der Waals surface area contributed by atoms with Gasteiger partial charge >= 0.3 is 0 Å². The lowest BCUT2D eigenvalue weighted by Gasteiger charge is -2.61. The third-order valence-corrected chi connectivity index (χ3v) is 10.6. The van der Waals surface area contributed by atoms with E-state index in [1.54, 1.807) is 6.07 Å². The van der Waals surface area contributed by atoms with Crippen LogP contribution < -0.4 is 10.5 Å². The number of hydrogen-bond donors (Lipinski definition) is 2. The molecule has 0 heterocycles. The molecule has 32 heavy (non-hydrogen) atoms. The van der Waals surface area contributed by atoms with Crippen molar-refractivity contribution in [2.45, 2.75) is 74.6 Å². The molecular weight excluding hydrogens is 516 g/mol. The zero-order chi connectivity index (χ0) is 22.9. The fourth-order valence-corrected chi connectivity index (χ4v) is 10.0. The maximum atomic E-state index is 13.7. The molecule has 174 valence electrons. The molecule has 2 atom stereocenters. The van der Waals surface area contributed by atoms with Crippen LogP contribution >= 0.6 is 27.5 Å². The first-order valence-electron chi connectivity index (χ1n) is 11.3. The summed E-state index contributed by atoms with van der Waals surface area (Å²) in [7, 11) is -3.92. The van der Waals surface area contributed by atoms with E-state index >= 15 is 0 Å². The third-order valence-electron chi connectivity index (χ3n) is 8.46. The maximum Gasteiger partial charge on any atom is 0.241 e. The second kappa shape index (κ2) is 7.52. The molecule has 0 aliphatic heterocycles. The van der Waals surface area contributed by atoms with Crippen LogP contribution in [-0.4, -0.2) is 25.6 Å². The van der Waals surface area contributed by atoms with Crippen LogP contribution in [-0.2, 0) is 19.6 Å². The third kappa shape index (κ3) is 3.75. The zero-order valence-corrected chi connectivity index (χ0v) is 21.0. The van der Waals surface area contributed by atoms with E-state index in [4.69, 9.17) is 17.3 Å². The molecule has 1 aromatic rings. The average molecular weight is 544 g/mol. The molecule has 3 N–H and O–H groups in total. The van der Waals surface area contributed by atoms with Crippen molar-refractivity contribution < 1.29 is 18.0 Å². The quantitative estimate of drug-likeness (QED) is 0.534. The molecule has 5 aliphatic rings.